The first-order valence-electron chi connectivity index (χ1n) is 18.7. The molecule has 0 aromatic carbocycles. The molecule has 12 nitrogen and oxygen atoms in total. The molecular formula is C39H65NO11. The van der Waals surface area contributed by atoms with Crippen LogP contribution in [0.1, 0.15) is 120 Å². The second-order valence-corrected chi connectivity index (χ2v) is 18.3. The number of carbonyl (C=O) groups excluding carboxylic acids is 3. The lowest BCUT2D eigenvalue weighted by Gasteiger charge is -2.64. The summed E-state index contributed by atoms with van der Waals surface area (Å²) in [5.41, 5.74) is -2.57. The Labute approximate surface area is 303 Å². The molecule has 7 N–H and O–H groups in total. The normalized spacial score (nSPS) is 36.9. The van der Waals surface area contributed by atoms with Crippen molar-refractivity contribution in [1.29, 1.82) is 0 Å². The summed E-state index contributed by atoms with van der Waals surface area (Å²) in [6.07, 6.45) is 0.488. The minimum absolute atomic E-state index is 0.00440. The van der Waals surface area contributed by atoms with Crippen molar-refractivity contribution in [3.63, 3.8) is 0 Å². The van der Waals surface area contributed by atoms with Gasteiger partial charge in [-0.05, 0) is 106 Å². The number of carbonyl (C=O) groups is 3. The van der Waals surface area contributed by atoms with Crippen LogP contribution >= 0.6 is 0 Å². The Bertz CT molecular complexity index is 1350. The maximum absolute atomic E-state index is 13.3. The van der Waals surface area contributed by atoms with Crippen LogP contribution in [-0.4, -0.2) is 104 Å². The number of hydrogen-bond donors (Lipinski definition) is 7. The number of aliphatic hydroxyl groups is 6. The molecule has 11 atom stereocenters. The number of hydrogen-bond acceptors (Lipinski definition) is 11. The predicted molar refractivity (Wildman–Crippen MR) is 189 cm³/mol. The van der Waals surface area contributed by atoms with E-state index in [2.05, 4.69) is 30.8 Å². The molecule has 2 saturated carbocycles. The largest absolute Gasteiger partial charge is 0.468 e. The SMILES string of the molecule is COC(=O)CNC(=O)CC(C)(O)CC(=O)O[C@@H]1C[C@]2(C)C3=C(CCC2C(C)(C)[C@H]1O)[C@]1(C)CC[C@H]([C@H](CO)CC[C@@H](O)C(C)(C)O)[C@@]1(C)[C@@H](O)C3. The molecule has 0 spiro atoms. The molecule has 1 amide bonds. The summed E-state index contributed by atoms with van der Waals surface area (Å²) >= 11 is 0. The second kappa shape index (κ2) is 14.6. The molecule has 292 valence electrons. The molecule has 51 heavy (non-hydrogen) atoms. The van der Waals surface area contributed by atoms with E-state index in [0.717, 1.165) is 25.7 Å². The zero-order valence-corrected chi connectivity index (χ0v) is 32.3. The first-order chi connectivity index (χ1) is 23.4. The van der Waals surface area contributed by atoms with Crippen LogP contribution < -0.4 is 5.32 Å². The van der Waals surface area contributed by atoms with Crippen LogP contribution in [0.2, 0.25) is 0 Å². The minimum atomic E-state index is -1.76. The number of aliphatic hydroxyl groups excluding tert-OH is 4. The third kappa shape index (κ3) is 7.65. The molecule has 4 aliphatic carbocycles. The number of amides is 1. The van der Waals surface area contributed by atoms with Crippen LogP contribution in [0.4, 0.5) is 0 Å². The van der Waals surface area contributed by atoms with Crippen LogP contribution in [0.25, 0.3) is 0 Å². The lowest BCUT2D eigenvalue weighted by Crippen LogP contribution is -2.62. The topological polar surface area (TPSA) is 203 Å². The summed E-state index contributed by atoms with van der Waals surface area (Å²) in [4.78, 5) is 37.0. The molecule has 0 radical (unpaired) electrons. The minimum Gasteiger partial charge on any atom is -0.468 e. The molecule has 0 bridgehead atoms. The first-order valence-corrected chi connectivity index (χ1v) is 18.7. The summed E-state index contributed by atoms with van der Waals surface area (Å²) < 4.78 is 10.5. The second-order valence-electron chi connectivity index (χ2n) is 18.3. The van der Waals surface area contributed by atoms with Crippen molar-refractivity contribution in [3.05, 3.63) is 11.1 Å². The fourth-order valence-corrected chi connectivity index (χ4v) is 11.1. The smallest absolute Gasteiger partial charge is 0.325 e. The Morgan fingerprint density at radius 3 is 2.20 bits per heavy atom. The predicted octanol–water partition coefficient (Wildman–Crippen LogP) is 2.93. The fraction of sp³-hybridized carbons (Fsp3) is 0.872. The molecule has 4 rings (SSSR count). The number of fused-ring (bicyclic) bond motifs is 4. The molecule has 0 aromatic rings. The molecule has 2 unspecified atom stereocenters. The Kier molecular flexibility index (Phi) is 11.9. The van der Waals surface area contributed by atoms with Crippen LogP contribution in [0, 0.1) is 39.4 Å². The van der Waals surface area contributed by atoms with Crippen LogP contribution in [-0.2, 0) is 23.9 Å². The van der Waals surface area contributed by atoms with Crippen molar-refractivity contribution in [3.8, 4) is 0 Å². The molecular weight excluding hydrogens is 658 g/mol. The van der Waals surface area contributed by atoms with Gasteiger partial charge in [0.25, 0.3) is 0 Å². The number of rotatable bonds is 13. The van der Waals surface area contributed by atoms with Gasteiger partial charge in [0.1, 0.15) is 12.6 Å². The highest BCUT2D eigenvalue weighted by molar-refractivity contribution is 5.83. The first kappa shape index (κ1) is 41.7. The zero-order valence-electron chi connectivity index (χ0n) is 32.3. The molecule has 4 aliphatic rings. The van der Waals surface area contributed by atoms with Gasteiger partial charge in [0, 0.05) is 12.0 Å². The van der Waals surface area contributed by atoms with Gasteiger partial charge in [-0.15, -0.1) is 0 Å². The van der Waals surface area contributed by atoms with E-state index in [1.165, 1.54) is 25.2 Å². The van der Waals surface area contributed by atoms with Gasteiger partial charge < -0.3 is 45.4 Å². The summed E-state index contributed by atoms with van der Waals surface area (Å²) in [6, 6.07) is 0. The highest BCUT2D eigenvalue weighted by Crippen LogP contribution is 2.72. The monoisotopic (exact) mass is 723 g/mol. The number of methoxy groups -OCH3 is 1. The van der Waals surface area contributed by atoms with Gasteiger partial charge >= 0.3 is 11.9 Å². The number of nitrogens with one attached hydrogen (secondary N) is 1. The molecule has 0 saturated heterocycles. The summed E-state index contributed by atoms with van der Waals surface area (Å²) in [5.74, 6) is -2.13. The average Bonchev–Trinajstić information content (AvgIpc) is 3.30. The van der Waals surface area contributed by atoms with Crippen molar-refractivity contribution < 1.29 is 54.5 Å². The Balaban J connectivity index is 1.58. The van der Waals surface area contributed by atoms with E-state index >= 15 is 0 Å². The van der Waals surface area contributed by atoms with Gasteiger partial charge in [-0.3, -0.25) is 14.4 Å². The van der Waals surface area contributed by atoms with Gasteiger partial charge in [0.15, 0.2) is 0 Å². The van der Waals surface area contributed by atoms with Crippen LogP contribution in [0.5, 0.6) is 0 Å². The summed E-state index contributed by atoms with van der Waals surface area (Å²) in [5, 5.41) is 68.6. The standard InChI is InChI=1S/C39H65NO11/c1-34(2)27-12-11-24-25(16-29(43)39(8)23(14-15-38(24,39)7)22(21-41)10-13-28(42)35(3,4)48)37(27,6)17-26(33(34)47)51-31(45)19-36(5,49)18-30(44)40-20-32(46)50-9/h22-23,26-29,33,41-43,47-49H,10-21H2,1-9H3,(H,40,44)/t22-,23+,26+,27?,28+,29-,33-,36?,37+,38-,39-/m0/s1. The van der Waals surface area contributed by atoms with Gasteiger partial charge in [-0.25, -0.2) is 0 Å². The van der Waals surface area contributed by atoms with Crippen molar-refractivity contribution >= 4 is 17.8 Å². The molecule has 0 heterocycles. The van der Waals surface area contributed by atoms with E-state index < -0.39 is 82.6 Å². The van der Waals surface area contributed by atoms with Crippen LogP contribution in [0.3, 0.4) is 0 Å². The summed E-state index contributed by atoms with van der Waals surface area (Å²) in [6.45, 7) is 14.6. The van der Waals surface area contributed by atoms with Gasteiger partial charge in [0.05, 0.1) is 49.5 Å². The lowest BCUT2D eigenvalue weighted by molar-refractivity contribution is -0.193. The maximum Gasteiger partial charge on any atom is 0.325 e. The zero-order chi connectivity index (χ0) is 38.5. The van der Waals surface area contributed by atoms with E-state index in [-0.39, 0.29) is 36.3 Å². The third-order valence-corrected chi connectivity index (χ3v) is 14.3. The highest BCUT2D eigenvalue weighted by atomic mass is 16.6. The lowest BCUT2D eigenvalue weighted by atomic mass is 9.42. The molecule has 0 aromatic heterocycles. The van der Waals surface area contributed by atoms with Gasteiger partial charge in [0.2, 0.25) is 5.91 Å². The van der Waals surface area contributed by atoms with Crippen molar-refractivity contribution in [2.45, 2.75) is 155 Å². The van der Waals surface area contributed by atoms with Crippen molar-refractivity contribution in [2.24, 2.45) is 39.4 Å². The van der Waals surface area contributed by atoms with E-state index in [4.69, 9.17) is 4.74 Å². The van der Waals surface area contributed by atoms with Gasteiger partial charge in [-0.1, -0.05) is 45.8 Å². The Morgan fingerprint density at radius 2 is 1.61 bits per heavy atom. The molecule has 2 fully saturated rings. The van der Waals surface area contributed by atoms with E-state index in [0.29, 0.717) is 25.7 Å². The quantitative estimate of drug-likeness (QED) is 0.109. The number of ether oxygens (including phenoxy) is 2. The molecule has 0 aliphatic heterocycles. The maximum atomic E-state index is 13.3. The van der Waals surface area contributed by atoms with Crippen molar-refractivity contribution in [2.75, 3.05) is 20.3 Å². The number of esters is 2. The fourth-order valence-electron chi connectivity index (χ4n) is 11.1. The van der Waals surface area contributed by atoms with E-state index in [9.17, 15) is 45.0 Å². The average molecular weight is 724 g/mol. The van der Waals surface area contributed by atoms with Gasteiger partial charge in [-0.2, -0.15) is 0 Å². The van der Waals surface area contributed by atoms with Crippen molar-refractivity contribution in [1.82, 2.24) is 5.32 Å². The number of allylic oxidation sites excluding steroid dienone is 1. The van der Waals surface area contributed by atoms with E-state index in [1.807, 2.05) is 13.8 Å². The summed E-state index contributed by atoms with van der Waals surface area (Å²) in [7, 11) is 1.19. The Hall–Kier alpha value is -2.09. The Morgan fingerprint density at radius 1 is 0.961 bits per heavy atom. The molecule has 12 heteroatoms. The third-order valence-electron chi connectivity index (χ3n) is 14.3. The van der Waals surface area contributed by atoms with E-state index in [1.54, 1.807) is 13.8 Å². The van der Waals surface area contributed by atoms with Crippen LogP contribution in [0.15, 0.2) is 11.1 Å². The highest BCUT2D eigenvalue weighted by Gasteiger charge is 2.67.